The first-order valence-electron chi connectivity index (χ1n) is 10.8. The molecule has 3 fully saturated rings. The number of aromatic nitrogens is 2. The molecule has 7 nitrogen and oxygen atoms in total. The van der Waals surface area contributed by atoms with E-state index in [-0.39, 0.29) is 11.8 Å². The second-order valence-electron chi connectivity index (χ2n) is 8.21. The van der Waals surface area contributed by atoms with Gasteiger partial charge in [-0.15, -0.1) is 0 Å². The molecular weight excluding hydrogens is 388 g/mol. The molecule has 0 radical (unpaired) electrons. The minimum atomic E-state index is 0.0477. The van der Waals surface area contributed by atoms with Crippen LogP contribution in [0.3, 0.4) is 0 Å². The molecule has 0 aliphatic carbocycles. The van der Waals surface area contributed by atoms with E-state index in [4.69, 9.17) is 14.5 Å². The monoisotopic (exact) mass is 420 g/mol. The summed E-state index contributed by atoms with van der Waals surface area (Å²) in [6.07, 6.45) is 4.93. The highest BCUT2D eigenvalue weighted by molar-refractivity contribution is 7.99. The van der Waals surface area contributed by atoms with Crippen LogP contribution < -0.4 is 0 Å². The van der Waals surface area contributed by atoms with E-state index in [0.717, 1.165) is 87.4 Å². The van der Waals surface area contributed by atoms with E-state index in [0.29, 0.717) is 19.1 Å². The van der Waals surface area contributed by atoms with Crippen LogP contribution in [0, 0.1) is 12.8 Å². The molecule has 3 aliphatic rings. The molecule has 0 N–H and O–H groups in total. The highest BCUT2D eigenvalue weighted by Crippen LogP contribution is 2.30. The quantitative estimate of drug-likeness (QED) is 0.515. The zero-order valence-corrected chi connectivity index (χ0v) is 18.2. The van der Waals surface area contributed by atoms with Gasteiger partial charge in [0.2, 0.25) is 5.91 Å². The molecule has 3 saturated heterocycles. The predicted octanol–water partition coefficient (Wildman–Crippen LogP) is 1.95. The number of aryl methyl sites for hydroxylation is 1. The summed E-state index contributed by atoms with van der Waals surface area (Å²) in [7, 11) is 0. The number of carbonyl (C=O) groups excluding carboxylic acids is 1. The van der Waals surface area contributed by atoms with Crippen LogP contribution in [0.15, 0.2) is 11.4 Å². The van der Waals surface area contributed by atoms with E-state index in [1.807, 2.05) is 11.1 Å². The Morgan fingerprint density at radius 2 is 2.07 bits per heavy atom. The van der Waals surface area contributed by atoms with Crippen molar-refractivity contribution in [2.45, 2.75) is 37.3 Å². The topological polar surface area (TPSA) is 67.8 Å². The van der Waals surface area contributed by atoms with Crippen molar-refractivity contribution in [2.24, 2.45) is 5.92 Å². The second kappa shape index (κ2) is 10.2. The zero-order valence-electron chi connectivity index (χ0n) is 17.3. The third-order valence-electron chi connectivity index (χ3n) is 6.13. The number of thioether (sulfide) groups is 1. The maximum atomic E-state index is 12.8. The molecule has 8 heteroatoms. The van der Waals surface area contributed by atoms with E-state index in [2.05, 4.69) is 16.8 Å². The number of likely N-dealkylation sites (tertiary alicyclic amines) is 1. The Kier molecular flexibility index (Phi) is 7.39. The molecule has 0 aromatic carbocycles. The van der Waals surface area contributed by atoms with Crippen LogP contribution in [-0.4, -0.2) is 90.6 Å². The van der Waals surface area contributed by atoms with Crippen molar-refractivity contribution >= 4 is 17.7 Å². The van der Waals surface area contributed by atoms with E-state index in [1.54, 1.807) is 11.8 Å². The van der Waals surface area contributed by atoms with E-state index in [1.165, 1.54) is 0 Å². The van der Waals surface area contributed by atoms with Gasteiger partial charge in [-0.25, -0.2) is 9.97 Å². The first-order chi connectivity index (χ1) is 14.2. The summed E-state index contributed by atoms with van der Waals surface area (Å²) < 4.78 is 10.8. The Labute approximate surface area is 177 Å². The van der Waals surface area contributed by atoms with E-state index >= 15 is 0 Å². The van der Waals surface area contributed by atoms with Crippen LogP contribution in [0.4, 0.5) is 0 Å². The molecular formula is C21H32N4O3S. The molecule has 0 spiro atoms. The van der Waals surface area contributed by atoms with Crippen molar-refractivity contribution in [3.8, 4) is 0 Å². The Bertz CT molecular complexity index is 693. The van der Waals surface area contributed by atoms with Gasteiger partial charge >= 0.3 is 0 Å². The third kappa shape index (κ3) is 5.48. The number of ether oxygens (including phenoxy) is 2. The maximum Gasteiger partial charge on any atom is 0.228 e. The third-order valence-corrected chi connectivity index (χ3v) is 6.97. The normalized spacial score (nSPS) is 26.0. The Morgan fingerprint density at radius 1 is 1.21 bits per heavy atom. The molecule has 0 bridgehead atoms. The van der Waals surface area contributed by atoms with Crippen molar-refractivity contribution in [1.29, 1.82) is 0 Å². The number of hydrogen-bond acceptors (Lipinski definition) is 7. The lowest BCUT2D eigenvalue weighted by Gasteiger charge is -2.34. The van der Waals surface area contributed by atoms with Gasteiger partial charge in [-0.2, -0.15) is 0 Å². The molecule has 1 aromatic rings. The van der Waals surface area contributed by atoms with Gasteiger partial charge in [0, 0.05) is 57.2 Å². The van der Waals surface area contributed by atoms with Gasteiger partial charge in [0.05, 0.1) is 31.4 Å². The standard InChI is InChI=1S/C21H32N4O3S/c1-16-13-22-21(29-12-8-24-6-10-27-11-7-24)23-19(16)17-3-2-5-25(14-17)20(26)18-4-9-28-15-18/h13,17-18H,2-12,14-15H2,1H3/t17-,18+/m0/s1. The lowest BCUT2D eigenvalue weighted by molar-refractivity contribution is -0.136. The van der Waals surface area contributed by atoms with Gasteiger partial charge in [-0.1, -0.05) is 11.8 Å². The fraction of sp³-hybridized carbons (Fsp3) is 0.762. The van der Waals surface area contributed by atoms with Crippen LogP contribution >= 0.6 is 11.8 Å². The largest absolute Gasteiger partial charge is 0.381 e. The number of hydrogen-bond donors (Lipinski definition) is 0. The summed E-state index contributed by atoms with van der Waals surface area (Å²) in [6, 6.07) is 0. The number of rotatable bonds is 6. The summed E-state index contributed by atoms with van der Waals surface area (Å²) in [5, 5.41) is 0.853. The van der Waals surface area contributed by atoms with Crippen molar-refractivity contribution in [1.82, 2.24) is 19.8 Å². The van der Waals surface area contributed by atoms with E-state index < -0.39 is 0 Å². The fourth-order valence-electron chi connectivity index (χ4n) is 4.40. The van der Waals surface area contributed by atoms with Gasteiger partial charge in [-0.05, 0) is 31.7 Å². The molecule has 1 amide bonds. The number of morpholine rings is 1. The fourth-order valence-corrected chi connectivity index (χ4v) is 5.22. The number of nitrogens with zero attached hydrogens (tertiary/aromatic N) is 4. The molecule has 160 valence electrons. The lowest BCUT2D eigenvalue weighted by Crippen LogP contribution is -2.42. The van der Waals surface area contributed by atoms with Crippen molar-refractivity contribution in [2.75, 3.05) is 64.9 Å². The predicted molar refractivity (Wildman–Crippen MR) is 112 cm³/mol. The first-order valence-corrected chi connectivity index (χ1v) is 11.8. The van der Waals surface area contributed by atoms with Gasteiger partial charge in [0.1, 0.15) is 0 Å². The zero-order chi connectivity index (χ0) is 20.1. The second-order valence-corrected chi connectivity index (χ2v) is 9.27. The average Bonchev–Trinajstić information content (AvgIpc) is 3.30. The maximum absolute atomic E-state index is 12.8. The van der Waals surface area contributed by atoms with Crippen LogP contribution in [0.5, 0.6) is 0 Å². The van der Waals surface area contributed by atoms with Gasteiger partial charge in [0.15, 0.2) is 5.16 Å². The van der Waals surface area contributed by atoms with Crippen LogP contribution in [0.1, 0.15) is 36.4 Å². The SMILES string of the molecule is Cc1cnc(SCCN2CCOCC2)nc1[C@H]1CCCN(C(=O)[C@@H]2CCOC2)C1. The Morgan fingerprint density at radius 3 is 2.86 bits per heavy atom. The summed E-state index contributed by atoms with van der Waals surface area (Å²) in [4.78, 5) is 26.8. The molecule has 4 rings (SSSR count). The Hall–Kier alpha value is -1.22. The number of piperidine rings is 1. The minimum absolute atomic E-state index is 0.0477. The molecule has 1 aromatic heterocycles. The Balaban J connectivity index is 1.35. The molecule has 29 heavy (non-hydrogen) atoms. The molecule has 0 unspecified atom stereocenters. The highest BCUT2D eigenvalue weighted by Gasteiger charge is 2.32. The molecule has 3 aliphatic heterocycles. The summed E-state index contributed by atoms with van der Waals surface area (Å²) in [5.41, 5.74) is 2.25. The molecule has 0 saturated carbocycles. The average molecular weight is 421 g/mol. The van der Waals surface area contributed by atoms with Gasteiger partial charge in [0.25, 0.3) is 0 Å². The van der Waals surface area contributed by atoms with Gasteiger partial charge < -0.3 is 14.4 Å². The lowest BCUT2D eigenvalue weighted by atomic mass is 9.91. The summed E-state index contributed by atoms with van der Waals surface area (Å²) in [6.45, 7) is 9.73. The first kappa shape index (κ1) is 21.0. The minimum Gasteiger partial charge on any atom is -0.381 e. The van der Waals surface area contributed by atoms with Crippen molar-refractivity contribution in [3.05, 3.63) is 17.5 Å². The number of amides is 1. The van der Waals surface area contributed by atoms with Crippen molar-refractivity contribution < 1.29 is 14.3 Å². The molecule has 2 atom stereocenters. The summed E-state index contributed by atoms with van der Waals surface area (Å²) >= 11 is 1.73. The highest BCUT2D eigenvalue weighted by atomic mass is 32.2. The van der Waals surface area contributed by atoms with Crippen molar-refractivity contribution in [3.63, 3.8) is 0 Å². The van der Waals surface area contributed by atoms with Crippen LogP contribution in [-0.2, 0) is 14.3 Å². The van der Waals surface area contributed by atoms with Crippen LogP contribution in [0.2, 0.25) is 0 Å². The smallest absolute Gasteiger partial charge is 0.228 e. The molecule has 4 heterocycles. The number of carbonyl (C=O) groups is 1. The van der Waals surface area contributed by atoms with Gasteiger partial charge in [-0.3, -0.25) is 9.69 Å². The van der Waals surface area contributed by atoms with E-state index in [9.17, 15) is 4.79 Å². The summed E-state index contributed by atoms with van der Waals surface area (Å²) in [5.74, 6) is 1.60. The van der Waals surface area contributed by atoms with Crippen LogP contribution in [0.25, 0.3) is 0 Å².